The van der Waals surface area contributed by atoms with Gasteiger partial charge < -0.3 is 14.6 Å². The van der Waals surface area contributed by atoms with E-state index in [4.69, 9.17) is 9.63 Å². The molecular weight excluding hydrogens is 320 g/mol. The topological polar surface area (TPSA) is 105 Å². The van der Waals surface area contributed by atoms with E-state index in [1.165, 1.54) is 0 Å². The molecule has 7 heteroatoms. The monoisotopic (exact) mass is 334 g/mol. The number of nitrogens with one attached hydrogen (secondary N) is 1. The average Bonchev–Trinajstić information content (AvgIpc) is 3.20. The summed E-state index contributed by atoms with van der Waals surface area (Å²) in [6.45, 7) is 3.67. The predicted molar refractivity (Wildman–Crippen MR) is 91.3 cm³/mol. The number of carbonyl (C=O) groups is 1. The van der Waals surface area contributed by atoms with E-state index in [1.54, 1.807) is 19.2 Å². The lowest BCUT2D eigenvalue weighted by Gasteiger charge is -2.07. The van der Waals surface area contributed by atoms with Crippen molar-refractivity contribution in [3.8, 4) is 22.7 Å². The standard InChI is InChI=1S/C18H14N4O3/c1-9-8-19-16(18(23)24)7-13(9)11-3-4-14-12(5-11)6-15(21-14)17-20-10(2)22-25-17/h3-8,21H,1-2H3,(H,23,24). The van der Waals surface area contributed by atoms with E-state index >= 15 is 0 Å². The molecule has 0 unspecified atom stereocenters. The van der Waals surface area contributed by atoms with Crippen LogP contribution in [0.5, 0.6) is 0 Å². The summed E-state index contributed by atoms with van der Waals surface area (Å²) in [4.78, 5) is 22.6. The van der Waals surface area contributed by atoms with Crippen LogP contribution in [0.4, 0.5) is 0 Å². The number of carboxylic acids is 1. The fourth-order valence-corrected chi connectivity index (χ4v) is 2.77. The smallest absolute Gasteiger partial charge is 0.354 e. The molecule has 0 fully saturated rings. The summed E-state index contributed by atoms with van der Waals surface area (Å²) in [7, 11) is 0. The molecule has 124 valence electrons. The fourth-order valence-electron chi connectivity index (χ4n) is 2.77. The molecule has 0 amide bonds. The summed E-state index contributed by atoms with van der Waals surface area (Å²) >= 11 is 0. The molecule has 0 aliphatic carbocycles. The first kappa shape index (κ1) is 15.1. The van der Waals surface area contributed by atoms with Crippen LogP contribution in [0.15, 0.2) is 41.1 Å². The summed E-state index contributed by atoms with van der Waals surface area (Å²) in [5.74, 6) is -0.0375. The normalized spacial score (nSPS) is 11.1. The van der Waals surface area contributed by atoms with Gasteiger partial charge in [0.2, 0.25) is 0 Å². The van der Waals surface area contributed by atoms with E-state index in [2.05, 4.69) is 20.1 Å². The van der Waals surface area contributed by atoms with Crippen LogP contribution >= 0.6 is 0 Å². The van der Waals surface area contributed by atoms with Crippen LogP contribution in [0.25, 0.3) is 33.6 Å². The minimum atomic E-state index is -1.04. The van der Waals surface area contributed by atoms with Gasteiger partial charge in [0, 0.05) is 17.1 Å². The Balaban J connectivity index is 1.82. The second-order valence-corrected chi connectivity index (χ2v) is 5.82. The average molecular weight is 334 g/mol. The molecule has 0 saturated carbocycles. The number of H-pyrrole nitrogens is 1. The number of aromatic carboxylic acids is 1. The first-order valence-electron chi connectivity index (χ1n) is 7.65. The quantitative estimate of drug-likeness (QED) is 0.593. The maximum atomic E-state index is 11.2. The van der Waals surface area contributed by atoms with Crippen LogP contribution in [-0.4, -0.2) is 31.2 Å². The number of nitrogens with zero attached hydrogens (tertiary/aromatic N) is 3. The van der Waals surface area contributed by atoms with Crippen molar-refractivity contribution in [1.82, 2.24) is 20.1 Å². The van der Waals surface area contributed by atoms with Crippen molar-refractivity contribution >= 4 is 16.9 Å². The number of fused-ring (bicyclic) bond motifs is 1. The van der Waals surface area contributed by atoms with Gasteiger partial charge in [-0.05, 0) is 54.8 Å². The molecule has 25 heavy (non-hydrogen) atoms. The Hall–Kier alpha value is -3.48. The third-order valence-corrected chi connectivity index (χ3v) is 4.01. The highest BCUT2D eigenvalue weighted by Crippen LogP contribution is 2.29. The molecule has 0 radical (unpaired) electrons. The molecule has 0 bridgehead atoms. The molecule has 0 atom stereocenters. The van der Waals surface area contributed by atoms with E-state index in [1.807, 2.05) is 31.2 Å². The Kier molecular flexibility index (Phi) is 3.35. The molecule has 4 rings (SSSR count). The highest BCUT2D eigenvalue weighted by molar-refractivity contribution is 5.91. The van der Waals surface area contributed by atoms with Gasteiger partial charge in [0.1, 0.15) is 11.4 Å². The number of hydrogen-bond acceptors (Lipinski definition) is 5. The maximum absolute atomic E-state index is 11.2. The van der Waals surface area contributed by atoms with Crippen molar-refractivity contribution in [1.29, 1.82) is 0 Å². The van der Waals surface area contributed by atoms with Crippen molar-refractivity contribution in [2.45, 2.75) is 13.8 Å². The molecule has 0 aliphatic heterocycles. The Morgan fingerprint density at radius 1 is 1.20 bits per heavy atom. The van der Waals surface area contributed by atoms with Gasteiger partial charge in [-0.1, -0.05) is 11.2 Å². The van der Waals surface area contributed by atoms with Crippen LogP contribution in [0.2, 0.25) is 0 Å². The Morgan fingerprint density at radius 2 is 2.04 bits per heavy atom. The number of hydrogen-bond donors (Lipinski definition) is 2. The first-order chi connectivity index (χ1) is 12.0. The van der Waals surface area contributed by atoms with Gasteiger partial charge in [-0.15, -0.1) is 0 Å². The summed E-state index contributed by atoms with van der Waals surface area (Å²) in [5, 5.41) is 13.9. The number of aromatic nitrogens is 4. The van der Waals surface area contributed by atoms with E-state index in [0.717, 1.165) is 33.3 Å². The van der Waals surface area contributed by atoms with Gasteiger partial charge in [0.15, 0.2) is 5.82 Å². The highest BCUT2D eigenvalue weighted by Gasteiger charge is 2.13. The van der Waals surface area contributed by atoms with E-state index < -0.39 is 5.97 Å². The lowest BCUT2D eigenvalue weighted by molar-refractivity contribution is 0.0690. The lowest BCUT2D eigenvalue weighted by Crippen LogP contribution is -2.01. The Morgan fingerprint density at radius 3 is 2.76 bits per heavy atom. The maximum Gasteiger partial charge on any atom is 0.354 e. The zero-order valence-electron chi connectivity index (χ0n) is 13.6. The minimum Gasteiger partial charge on any atom is -0.477 e. The number of aromatic amines is 1. The number of benzene rings is 1. The molecule has 3 heterocycles. The second kappa shape index (κ2) is 5.55. The third kappa shape index (κ3) is 2.65. The molecule has 0 saturated heterocycles. The van der Waals surface area contributed by atoms with E-state index in [-0.39, 0.29) is 5.69 Å². The van der Waals surface area contributed by atoms with Gasteiger partial charge in [0.05, 0.1) is 0 Å². The summed E-state index contributed by atoms with van der Waals surface area (Å²) in [6, 6.07) is 9.40. The van der Waals surface area contributed by atoms with Crippen molar-refractivity contribution in [3.05, 3.63) is 53.6 Å². The summed E-state index contributed by atoms with van der Waals surface area (Å²) < 4.78 is 5.19. The SMILES string of the molecule is Cc1noc(-c2cc3cc(-c4cc(C(=O)O)ncc4C)ccc3[nH]2)n1. The molecular formula is C18H14N4O3. The molecule has 0 aliphatic rings. The van der Waals surface area contributed by atoms with Crippen molar-refractivity contribution in [2.75, 3.05) is 0 Å². The van der Waals surface area contributed by atoms with Gasteiger partial charge in [-0.2, -0.15) is 4.98 Å². The molecule has 0 spiro atoms. The van der Waals surface area contributed by atoms with Crippen molar-refractivity contribution in [3.63, 3.8) is 0 Å². The number of carboxylic acid groups (broad SMARTS) is 1. The fraction of sp³-hybridized carbons (Fsp3) is 0.111. The molecule has 1 aromatic carbocycles. The van der Waals surface area contributed by atoms with Crippen molar-refractivity contribution in [2.24, 2.45) is 0 Å². The van der Waals surface area contributed by atoms with Gasteiger partial charge in [-0.25, -0.2) is 9.78 Å². The Labute approximate surface area is 142 Å². The molecule has 2 N–H and O–H groups in total. The summed E-state index contributed by atoms with van der Waals surface area (Å²) in [6.07, 6.45) is 1.58. The number of rotatable bonds is 3. The van der Waals surface area contributed by atoms with Crippen molar-refractivity contribution < 1.29 is 14.4 Å². The summed E-state index contributed by atoms with van der Waals surface area (Å²) in [5.41, 5.74) is 4.36. The zero-order valence-corrected chi connectivity index (χ0v) is 13.6. The third-order valence-electron chi connectivity index (χ3n) is 4.01. The largest absolute Gasteiger partial charge is 0.477 e. The zero-order chi connectivity index (χ0) is 17.6. The highest BCUT2D eigenvalue weighted by atomic mass is 16.5. The van der Waals surface area contributed by atoms with Gasteiger partial charge in [0.25, 0.3) is 5.89 Å². The Bertz CT molecular complexity index is 1110. The first-order valence-corrected chi connectivity index (χ1v) is 7.65. The van der Waals surface area contributed by atoms with Gasteiger partial charge >= 0.3 is 5.97 Å². The second-order valence-electron chi connectivity index (χ2n) is 5.82. The lowest BCUT2D eigenvalue weighted by atomic mass is 10.00. The minimum absolute atomic E-state index is 0.0248. The molecule has 7 nitrogen and oxygen atoms in total. The predicted octanol–water partition coefficient (Wildman–Crippen LogP) is 3.59. The molecule has 4 aromatic rings. The van der Waals surface area contributed by atoms with E-state index in [0.29, 0.717) is 11.7 Å². The van der Waals surface area contributed by atoms with Crippen LogP contribution < -0.4 is 0 Å². The van der Waals surface area contributed by atoms with Crippen LogP contribution in [0.3, 0.4) is 0 Å². The van der Waals surface area contributed by atoms with E-state index in [9.17, 15) is 4.79 Å². The molecule has 3 aromatic heterocycles. The van der Waals surface area contributed by atoms with Gasteiger partial charge in [-0.3, -0.25) is 0 Å². The van der Waals surface area contributed by atoms with Crippen LogP contribution in [0.1, 0.15) is 21.9 Å². The van der Waals surface area contributed by atoms with Crippen LogP contribution in [-0.2, 0) is 0 Å². The number of aryl methyl sites for hydroxylation is 2. The number of pyridine rings is 1. The van der Waals surface area contributed by atoms with Crippen LogP contribution in [0, 0.1) is 13.8 Å².